The Morgan fingerprint density at radius 3 is 2.69 bits per heavy atom. The highest BCUT2D eigenvalue weighted by Gasteiger charge is 2.18. The fourth-order valence-electron chi connectivity index (χ4n) is 0.864. The molecule has 6 heteroatoms. The number of rotatable bonds is 1. The number of pyridine rings is 1. The van der Waals surface area contributed by atoms with Crippen molar-refractivity contribution in [2.45, 2.75) is 6.43 Å². The molecule has 2 N–H and O–H groups in total. The zero-order chi connectivity index (χ0) is 10.0. The highest BCUT2D eigenvalue weighted by atomic mass is 79.9. The lowest BCUT2D eigenvalue weighted by Gasteiger charge is -2.05. The zero-order valence-electron chi connectivity index (χ0n) is 6.26. The third-order valence-corrected chi connectivity index (χ3v) is 1.80. The molecule has 13 heavy (non-hydrogen) atoms. The summed E-state index contributed by atoms with van der Waals surface area (Å²) >= 11 is 2.95. The van der Waals surface area contributed by atoms with Crippen molar-refractivity contribution in [2.75, 3.05) is 5.73 Å². The second-order valence-electron chi connectivity index (χ2n) is 2.20. The first-order valence-electron chi connectivity index (χ1n) is 3.20. The van der Waals surface area contributed by atoms with E-state index < -0.39 is 12.0 Å². The van der Waals surface area contributed by atoms with Crippen LogP contribution >= 0.6 is 15.9 Å². The molecule has 0 radical (unpaired) electrons. The number of nitriles is 1. The topological polar surface area (TPSA) is 62.7 Å². The van der Waals surface area contributed by atoms with Crippen LogP contribution in [0.3, 0.4) is 0 Å². The molecule has 1 rings (SSSR count). The Balaban J connectivity index is 3.41. The summed E-state index contributed by atoms with van der Waals surface area (Å²) in [6.07, 6.45) is -2.78. The van der Waals surface area contributed by atoms with Gasteiger partial charge in [0.2, 0.25) is 0 Å². The van der Waals surface area contributed by atoms with Crippen molar-refractivity contribution in [3.63, 3.8) is 0 Å². The summed E-state index contributed by atoms with van der Waals surface area (Å²) < 4.78 is 24.9. The molecular formula is C7H4BrF2N3. The van der Waals surface area contributed by atoms with Gasteiger partial charge in [-0.1, -0.05) is 0 Å². The first-order valence-corrected chi connectivity index (χ1v) is 3.99. The van der Waals surface area contributed by atoms with Gasteiger partial charge in [-0.2, -0.15) is 5.26 Å². The van der Waals surface area contributed by atoms with E-state index in [1.165, 1.54) is 6.07 Å². The number of aromatic nitrogens is 1. The maximum absolute atomic E-state index is 12.3. The van der Waals surface area contributed by atoms with Crippen molar-refractivity contribution in [1.29, 1.82) is 5.26 Å². The number of nitrogens with two attached hydrogens (primary N) is 1. The third-order valence-electron chi connectivity index (χ3n) is 1.40. The molecule has 0 saturated carbocycles. The Labute approximate surface area is 81.3 Å². The Hall–Kier alpha value is -1.22. The van der Waals surface area contributed by atoms with Crippen LogP contribution in [0.25, 0.3) is 0 Å². The second-order valence-corrected chi connectivity index (χ2v) is 3.02. The zero-order valence-corrected chi connectivity index (χ0v) is 7.85. The molecule has 0 unspecified atom stereocenters. The van der Waals surface area contributed by atoms with Gasteiger partial charge in [0.15, 0.2) is 0 Å². The lowest BCUT2D eigenvalue weighted by Crippen LogP contribution is -2.01. The van der Waals surface area contributed by atoms with Crippen LogP contribution in [0.4, 0.5) is 14.6 Å². The molecule has 68 valence electrons. The van der Waals surface area contributed by atoms with Gasteiger partial charge in [-0.25, -0.2) is 13.8 Å². The maximum atomic E-state index is 12.3. The molecule has 1 aromatic heterocycles. The molecule has 0 bridgehead atoms. The summed E-state index contributed by atoms with van der Waals surface area (Å²) in [5.41, 5.74) is 4.56. The SMILES string of the molecule is N#Cc1cc(Br)nc(N)c1C(F)F. The first-order chi connectivity index (χ1) is 6.06. The summed E-state index contributed by atoms with van der Waals surface area (Å²) in [4.78, 5) is 3.57. The molecule has 0 aliphatic heterocycles. The number of hydrogen-bond donors (Lipinski definition) is 1. The Morgan fingerprint density at radius 2 is 2.23 bits per heavy atom. The van der Waals surface area contributed by atoms with Crippen molar-refractivity contribution >= 4 is 21.7 Å². The molecule has 0 saturated heterocycles. The predicted octanol–water partition coefficient (Wildman–Crippen LogP) is 2.24. The molecule has 1 heterocycles. The molecular weight excluding hydrogens is 244 g/mol. The molecule has 0 atom stereocenters. The van der Waals surface area contributed by atoms with Crippen molar-refractivity contribution in [3.05, 3.63) is 21.8 Å². The molecule has 1 aromatic rings. The van der Waals surface area contributed by atoms with E-state index in [9.17, 15) is 8.78 Å². The van der Waals surface area contributed by atoms with Gasteiger partial charge in [0, 0.05) is 0 Å². The summed E-state index contributed by atoms with van der Waals surface area (Å²) in [5.74, 6) is -0.319. The molecule has 0 amide bonds. The minimum atomic E-state index is -2.78. The van der Waals surface area contributed by atoms with E-state index in [1.807, 2.05) is 0 Å². The van der Waals surface area contributed by atoms with Crippen LogP contribution in [0.2, 0.25) is 0 Å². The normalized spacial score (nSPS) is 10.1. The fraction of sp³-hybridized carbons (Fsp3) is 0.143. The standard InChI is InChI=1S/C7H4BrF2N3/c8-4-1-3(2-11)5(6(9)10)7(12)13-4/h1,6H,(H2,12,13). The van der Waals surface area contributed by atoms with Gasteiger partial charge in [0.05, 0.1) is 17.2 Å². The van der Waals surface area contributed by atoms with Crippen molar-refractivity contribution in [1.82, 2.24) is 4.98 Å². The third kappa shape index (κ3) is 1.92. The fourth-order valence-corrected chi connectivity index (χ4v) is 1.28. The van der Waals surface area contributed by atoms with Gasteiger partial charge in [0.1, 0.15) is 10.4 Å². The van der Waals surface area contributed by atoms with E-state index in [4.69, 9.17) is 11.0 Å². The Morgan fingerprint density at radius 1 is 1.62 bits per heavy atom. The molecule has 3 nitrogen and oxygen atoms in total. The van der Waals surface area contributed by atoms with Crippen LogP contribution in [0, 0.1) is 11.3 Å². The van der Waals surface area contributed by atoms with Crippen molar-refractivity contribution in [2.24, 2.45) is 0 Å². The van der Waals surface area contributed by atoms with E-state index in [-0.39, 0.29) is 16.0 Å². The van der Waals surface area contributed by atoms with Crippen LogP contribution < -0.4 is 5.73 Å². The van der Waals surface area contributed by atoms with Crippen LogP contribution in [0.1, 0.15) is 17.6 Å². The van der Waals surface area contributed by atoms with Crippen LogP contribution in [0.5, 0.6) is 0 Å². The van der Waals surface area contributed by atoms with E-state index >= 15 is 0 Å². The molecule has 0 fully saturated rings. The predicted molar refractivity (Wildman–Crippen MR) is 46.0 cm³/mol. The van der Waals surface area contributed by atoms with Gasteiger partial charge in [-0.15, -0.1) is 0 Å². The first kappa shape index (κ1) is 9.86. The number of nitrogen functional groups attached to an aromatic ring is 1. The van der Waals surface area contributed by atoms with Crippen LogP contribution in [0.15, 0.2) is 10.7 Å². The summed E-state index contributed by atoms with van der Waals surface area (Å²) in [6, 6.07) is 2.83. The van der Waals surface area contributed by atoms with Crippen molar-refractivity contribution < 1.29 is 8.78 Å². The lowest BCUT2D eigenvalue weighted by molar-refractivity contribution is 0.151. The monoisotopic (exact) mass is 247 g/mol. The number of hydrogen-bond acceptors (Lipinski definition) is 3. The van der Waals surface area contributed by atoms with E-state index in [1.54, 1.807) is 6.07 Å². The van der Waals surface area contributed by atoms with Crippen LogP contribution in [-0.2, 0) is 0 Å². The summed E-state index contributed by atoms with van der Waals surface area (Å²) in [7, 11) is 0. The van der Waals surface area contributed by atoms with E-state index in [2.05, 4.69) is 20.9 Å². The molecule has 0 aromatic carbocycles. The van der Waals surface area contributed by atoms with Gasteiger partial charge < -0.3 is 5.73 Å². The van der Waals surface area contributed by atoms with Gasteiger partial charge in [0.25, 0.3) is 6.43 Å². The summed E-state index contributed by atoms with van der Waals surface area (Å²) in [6.45, 7) is 0. The second kappa shape index (κ2) is 3.66. The highest BCUT2D eigenvalue weighted by Crippen LogP contribution is 2.28. The smallest absolute Gasteiger partial charge is 0.268 e. The Bertz CT molecular complexity index is 373. The van der Waals surface area contributed by atoms with E-state index in [0.717, 1.165) is 0 Å². The van der Waals surface area contributed by atoms with Crippen LogP contribution in [-0.4, -0.2) is 4.98 Å². The van der Waals surface area contributed by atoms with Gasteiger partial charge >= 0.3 is 0 Å². The number of nitrogens with zero attached hydrogens (tertiary/aromatic N) is 2. The highest BCUT2D eigenvalue weighted by molar-refractivity contribution is 9.10. The minimum Gasteiger partial charge on any atom is -0.383 e. The quantitative estimate of drug-likeness (QED) is 0.775. The number of alkyl halides is 2. The van der Waals surface area contributed by atoms with Gasteiger partial charge in [-0.05, 0) is 22.0 Å². The maximum Gasteiger partial charge on any atom is 0.268 e. The molecule has 0 aliphatic rings. The average molecular weight is 248 g/mol. The minimum absolute atomic E-state index is 0.158. The van der Waals surface area contributed by atoms with Crippen molar-refractivity contribution in [3.8, 4) is 6.07 Å². The largest absolute Gasteiger partial charge is 0.383 e. The average Bonchev–Trinajstić information content (AvgIpc) is 2.01. The van der Waals surface area contributed by atoms with E-state index in [0.29, 0.717) is 0 Å². The number of anilines is 1. The molecule has 0 aliphatic carbocycles. The lowest BCUT2D eigenvalue weighted by atomic mass is 10.1. The number of halogens is 3. The summed E-state index contributed by atoms with van der Waals surface area (Å²) in [5, 5.41) is 8.53. The van der Waals surface area contributed by atoms with Gasteiger partial charge in [-0.3, -0.25) is 0 Å². The molecule has 0 spiro atoms. The Kier molecular flexibility index (Phi) is 2.78.